The number of alkyl halides is 3. The smallest absolute Gasteiger partial charge is 0.320 e. The number of aryl methyl sites for hydroxylation is 1. The topological polar surface area (TPSA) is 26.0 Å². The van der Waals surface area contributed by atoms with Crippen molar-refractivity contribution in [2.75, 3.05) is 0 Å². The summed E-state index contributed by atoms with van der Waals surface area (Å²) in [6, 6.07) is 7.38. The van der Waals surface area contributed by atoms with Gasteiger partial charge in [-0.3, -0.25) is 0 Å². The van der Waals surface area contributed by atoms with Gasteiger partial charge in [0.15, 0.2) is 0 Å². The first kappa shape index (κ1) is 16.0. The van der Waals surface area contributed by atoms with Crippen LogP contribution in [0.3, 0.4) is 0 Å². The Morgan fingerprint density at radius 3 is 2.43 bits per heavy atom. The van der Waals surface area contributed by atoms with Gasteiger partial charge in [0, 0.05) is 4.47 Å². The molecule has 0 bridgehead atoms. The normalized spacial score (nSPS) is 13.3. The van der Waals surface area contributed by atoms with Crippen molar-refractivity contribution in [1.82, 2.24) is 0 Å². The molecule has 21 heavy (non-hydrogen) atoms. The molecule has 0 fully saturated rings. The predicted octanol–water partition coefficient (Wildman–Crippen LogP) is 4.96. The molecule has 0 saturated heterocycles. The molecule has 0 aliphatic carbocycles. The van der Waals surface area contributed by atoms with E-state index in [9.17, 15) is 17.6 Å². The molecule has 2 aromatic rings. The van der Waals surface area contributed by atoms with Crippen molar-refractivity contribution in [3.63, 3.8) is 0 Å². The zero-order valence-electron chi connectivity index (χ0n) is 11.0. The monoisotopic (exact) mass is 361 g/mol. The summed E-state index contributed by atoms with van der Waals surface area (Å²) in [5, 5.41) is 0. The van der Waals surface area contributed by atoms with Gasteiger partial charge in [-0.05, 0) is 35.7 Å². The van der Waals surface area contributed by atoms with E-state index in [1.54, 1.807) is 12.1 Å². The molecule has 1 nitrogen and oxygen atoms in total. The van der Waals surface area contributed by atoms with E-state index in [-0.39, 0.29) is 5.56 Å². The molecule has 0 saturated carbocycles. The Morgan fingerprint density at radius 1 is 1.14 bits per heavy atom. The van der Waals surface area contributed by atoms with Crippen LogP contribution in [0.4, 0.5) is 17.6 Å². The fourth-order valence-electron chi connectivity index (χ4n) is 2.04. The van der Waals surface area contributed by atoms with Crippen molar-refractivity contribution in [3.8, 4) is 0 Å². The zero-order valence-corrected chi connectivity index (χ0v) is 12.6. The standard InChI is InChI=1S/C15H12BrF4N/c1-8-3-2-4-10(13(8)16)14(21)9-5-6-12(17)11(7-9)15(18,19)20/h2-7,14H,21H2,1H3. The summed E-state index contributed by atoms with van der Waals surface area (Å²) in [6.45, 7) is 1.85. The Hall–Kier alpha value is -1.40. The number of rotatable bonds is 2. The van der Waals surface area contributed by atoms with Gasteiger partial charge in [-0.1, -0.05) is 40.2 Å². The summed E-state index contributed by atoms with van der Waals surface area (Å²) >= 11 is 3.37. The number of hydrogen-bond donors (Lipinski definition) is 1. The van der Waals surface area contributed by atoms with Gasteiger partial charge in [-0.2, -0.15) is 13.2 Å². The van der Waals surface area contributed by atoms with Gasteiger partial charge < -0.3 is 5.73 Å². The van der Waals surface area contributed by atoms with Gasteiger partial charge >= 0.3 is 6.18 Å². The van der Waals surface area contributed by atoms with Crippen molar-refractivity contribution in [1.29, 1.82) is 0 Å². The van der Waals surface area contributed by atoms with E-state index in [4.69, 9.17) is 5.73 Å². The Bertz CT molecular complexity index is 667. The third-order valence-electron chi connectivity index (χ3n) is 3.21. The first-order valence-corrected chi connectivity index (χ1v) is 6.88. The SMILES string of the molecule is Cc1cccc(C(N)c2ccc(F)c(C(F)(F)F)c2)c1Br. The lowest BCUT2D eigenvalue weighted by molar-refractivity contribution is -0.140. The van der Waals surface area contributed by atoms with Crippen LogP contribution in [0.15, 0.2) is 40.9 Å². The highest BCUT2D eigenvalue weighted by molar-refractivity contribution is 9.10. The highest BCUT2D eigenvalue weighted by atomic mass is 79.9. The van der Waals surface area contributed by atoms with Crippen molar-refractivity contribution in [2.24, 2.45) is 5.73 Å². The third-order valence-corrected chi connectivity index (χ3v) is 4.29. The number of halogens is 5. The van der Waals surface area contributed by atoms with Gasteiger partial charge in [0.2, 0.25) is 0 Å². The molecule has 0 radical (unpaired) electrons. The van der Waals surface area contributed by atoms with Crippen molar-refractivity contribution in [2.45, 2.75) is 19.1 Å². The van der Waals surface area contributed by atoms with Crippen molar-refractivity contribution < 1.29 is 17.6 Å². The van der Waals surface area contributed by atoms with E-state index in [0.29, 0.717) is 5.56 Å². The van der Waals surface area contributed by atoms with Crippen LogP contribution >= 0.6 is 15.9 Å². The number of benzene rings is 2. The fraction of sp³-hybridized carbons (Fsp3) is 0.200. The summed E-state index contributed by atoms with van der Waals surface area (Å²) in [7, 11) is 0. The minimum absolute atomic E-state index is 0.204. The maximum atomic E-state index is 13.3. The summed E-state index contributed by atoms with van der Waals surface area (Å²) in [4.78, 5) is 0. The zero-order chi connectivity index (χ0) is 15.8. The van der Waals surface area contributed by atoms with Gasteiger partial charge in [0.1, 0.15) is 5.82 Å². The molecule has 0 aromatic heterocycles. The highest BCUT2D eigenvalue weighted by Crippen LogP contribution is 2.35. The predicted molar refractivity (Wildman–Crippen MR) is 76.3 cm³/mol. The Morgan fingerprint density at radius 2 is 1.81 bits per heavy atom. The van der Waals surface area contributed by atoms with Crippen LogP contribution in [0.25, 0.3) is 0 Å². The summed E-state index contributed by atoms with van der Waals surface area (Å²) in [6.07, 6.45) is -4.75. The van der Waals surface area contributed by atoms with Crippen LogP contribution in [-0.4, -0.2) is 0 Å². The van der Waals surface area contributed by atoms with Crippen LogP contribution in [0.5, 0.6) is 0 Å². The van der Waals surface area contributed by atoms with E-state index < -0.39 is 23.6 Å². The molecular formula is C15H12BrF4N. The van der Waals surface area contributed by atoms with Gasteiger partial charge in [0.05, 0.1) is 11.6 Å². The van der Waals surface area contributed by atoms with E-state index in [1.165, 1.54) is 6.07 Å². The van der Waals surface area contributed by atoms with Crippen LogP contribution in [0.1, 0.15) is 28.3 Å². The minimum atomic E-state index is -4.75. The first-order chi connectivity index (χ1) is 9.71. The molecule has 0 amide bonds. The molecule has 112 valence electrons. The van der Waals surface area contributed by atoms with Gasteiger partial charge in [0.25, 0.3) is 0 Å². The summed E-state index contributed by atoms with van der Waals surface area (Å²) in [5.41, 5.74) is 6.49. The van der Waals surface area contributed by atoms with E-state index in [2.05, 4.69) is 15.9 Å². The van der Waals surface area contributed by atoms with Gasteiger partial charge in [-0.25, -0.2) is 4.39 Å². The molecular weight excluding hydrogens is 350 g/mol. The van der Waals surface area contributed by atoms with E-state index in [1.807, 2.05) is 13.0 Å². The second-order valence-electron chi connectivity index (χ2n) is 4.69. The van der Waals surface area contributed by atoms with Gasteiger partial charge in [-0.15, -0.1) is 0 Å². The Balaban J connectivity index is 2.49. The van der Waals surface area contributed by atoms with Crippen LogP contribution < -0.4 is 5.73 Å². The fourth-order valence-corrected chi connectivity index (χ4v) is 2.55. The van der Waals surface area contributed by atoms with E-state index >= 15 is 0 Å². The Labute approximate surface area is 127 Å². The minimum Gasteiger partial charge on any atom is -0.320 e. The summed E-state index contributed by atoms with van der Waals surface area (Å²) < 4.78 is 52.3. The molecule has 2 aromatic carbocycles. The summed E-state index contributed by atoms with van der Waals surface area (Å²) in [5.74, 6) is -1.30. The number of nitrogens with two attached hydrogens (primary N) is 1. The largest absolute Gasteiger partial charge is 0.419 e. The quantitative estimate of drug-likeness (QED) is 0.751. The Kier molecular flexibility index (Phi) is 4.39. The maximum absolute atomic E-state index is 13.3. The lowest BCUT2D eigenvalue weighted by atomic mass is 9.96. The van der Waals surface area contributed by atoms with Crippen LogP contribution in [0, 0.1) is 12.7 Å². The third kappa shape index (κ3) is 3.27. The van der Waals surface area contributed by atoms with Crippen LogP contribution in [0.2, 0.25) is 0 Å². The lowest BCUT2D eigenvalue weighted by Crippen LogP contribution is -2.15. The highest BCUT2D eigenvalue weighted by Gasteiger charge is 2.34. The lowest BCUT2D eigenvalue weighted by Gasteiger charge is -2.17. The maximum Gasteiger partial charge on any atom is 0.419 e. The molecule has 2 N–H and O–H groups in total. The molecule has 1 unspecified atom stereocenters. The van der Waals surface area contributed by atoms with E-state index in [0.717, 1.165) is 22.2 Å². The molecule has 0 aliphatic rings. The number of hydrogen-bond acceptors (Lipinski definition) is 1. The molecule has 0 spiro atoms. The van der Waals surface area contributed by atoms with Crippen molar-refractivity contribution >= 4 is 15.9 Å². The molecule has 1 atom stereocenters. The average molecular weight is 362 g/mol. The second kappa shape index (κ2) is 5.77. The molecule has 0 aliphatic heterocycles. The first-order valence-electron chi connectivity index (χ1n) is 6.09. The molecule has 2 rings (SSSR count). The molecule has 0 heterocycles. The van der Waals surface area contributed by atoms with Crippen molar-refractivity contribution in [3.05, 3.63) is 68.9 Å². The van der Waals surface area contributed by atoms with Crippen LogP contribution in [-0.2, 0) is 6.18 Å². The molecule has 6 heteroatoms. The average Bonchev–Trinajstić information content (AvgIpc) is 2.40. The second-order valence-corrected chi connectivity index (χ2v) is 5.49.